The van der Waals surface area contributed by atoms with Crippen molar-refractivity contribution in [1.29, 1.82) is 0 Å². The number of hydrogen-bond donors (Lipinski definition) is 1. The Hall–Kier alpha value is -1.02. The Kier molecular flexibility index (Phi) is 6.36. The summed E-state index contributed by atoms with van der Waals surface area (Å²) in [6, 6.07) is 4.49. The zero-order chi connectivity index (χ0) is 17.9. The molecule has 9 heteroatoms. The van der Waals surface area contributed by atoms with Crippen LogP contribution < -0.4 is 9.21 Å². The number of hydrogen-bond acceptors (Lipinski definition) is 3. The first kappa shape index (κ1) is 19.3. The van der Waals surface area contributed by atoms with Crippen LogP contribution in [-0.2, 0) is 14.8 Å². The number of nitrogens with zero attached hydrogens (tertiary/aromatic N) is 2. The van der Waals surface area contributed by atoms with E-state index in [1.807, 2.05) is 0 Å². The lowest BCUT2D eigenvalue weighted by Crippen LogP contribution is -3.14. The second-order valence-corrected chi connectivity index (χ2v) is 8.66. The molecule has 6 nitrogen and oxygen atoms in total. The van der Waals surface area contributed by atoms with Crippen molar-refractivity contribution in [3.8, 4) is 0 Å². The van der Waals surface area contributed by atoms with Gasteiger partial charge < -0.3 is 9.80 Å². The summed E-state index contributed by atoms with van der Waals surface area (Å²) in [5.74, 6) is -0.216. The number of quaternary nitrogens is 1. The first-order chi connectivity index (χ1) is 11.2. The summed E-state index contributed by atoms with van der Waals surface area (Å²) in [7, 11) is -3.64. The zero-order valence-electron chi connectivity index (χ0n) is 13.8. The van der Waals surface area contributed by atoms with Crippen molar-refractivity contribution in [2.24, 2.45) is 0 Å². The van der Waals surface area contributed by atoms with E-state index >= 15 is 0 Å². The van der Waals surface area contributed by atoms with Crippen LogP contribution in [0.1, 0.15) is 6.92 Å². The van der Waals surface area contributed by atoms with Crippen molar-refractivity contribution in [2.75, 3.05) is 49.8 Å². The first-order valence-electron chi connectivity index (χ1n) is 7.76. The van der Waals surface area contributed by atoms with Gasteiger partial charge in [-0.05, 0) is 25.1 Å². The molecule has 1 fully saturated rings. The van der Waals surface area contributed by atoms with Crippen molar-refractivity contribution in [2.45, 2.75) is 6.92 Å². The summed E-state index contributed by atoms with van der Waals surface area (Å²) >= 11 is 11.9. The van der Waals surface area contributed by atoms with Gasteiger partial charge in [0.2, 0.25) is 15.9 Å². The van der Waals surface area contributed by atoms with Crippen molar-refractivity contribution in [3.05, 3.63) is 28.2 Å². The third-order valence-electron chi connectivity index (χ3n) is 4.14. The second-order valence-electron chi connectivity index (χ2n) is 5.88. The normalized spacial score (nSPS) is 16.2. The Morgan fingerprint density at radius 2 is 1.75 bits per heavy atom. The lowest BCUT2D eigenvalue weighted by molar-refractivity contribution is -0.902. The van der Waals surface area contributed by atoms with E-state index < -0.39 is 10.0 Å². The van der Waals surface area contributed by atoms with Gasteiger partial charge >= 0.3 is 0 Å². The third-order valence-corrected chi connectivity index (χ3v) is 5.71. The summed E-state index contributed by atoms with van der Waals surface area (Å²) in [6.45, 7) is 5.91. The molecule has 0 atom stereocenters. The minimum absolute atomic E-state index is 0.216. The predicted molar refractivity (Wildman–Crippen MR) is 96.5 cm³/mol. The van der Waals surface area contributed by atoms with Gasteiger partial charge in [0, 0.05) is 10.0 Å². The van der Waals surface area contributed by atoms with Crippen LogP contribution in [0.2, 0.25) is 10.0 Å². The van der Waals surface area contributed by atoms with Crippen LogP contribution in [0.3, 0.4) is 0 Å². The molecule has 0 aliphatic carbocycles. The average Bonchev–Trinajstić information content (AvgIpc) is 2.50. The Balaban J connectivity index is 2.17. The number of anilines is 1. The summed E-state index contributed by atoms with van der Waals surface area (Å²) < 4.78 is 25.3. The standard InChI is InChI=1S/C15H21Cl2N3O3S/c1-3-18-4-6-19(7-5-18)15(21)11-20(24(2,22)23)14-9-12(16)8-13(17)10-14/h8-10H,3-7,11H2,1-2H3/p+1. The van der Waals surface area contributed by atoms with Crippen molar-refractivity contribution in [1.82, 2.24) is 4.90 Å². The van der Waals surface area contributed by atoms with Gasteiger partial charge in [-0.3, -0.25) is 9.10 Å². The highest BCUT2D eigenvalue weighted by Gasteiger charge is 2.27. The van der Waals surface area contributed by atoms with Crippen molar-refractivity contribution in [3.63, 3.8) is 0 Å². The fourth-order valence-corrected chi connectivity index (χ4v) is 4.08. The molecule has 24 heavy (non-hydrogen) atoms. The molecule has 1 amide bonds. The quantitative estimate of drug-likeness (QED) is 0.790. The predicted octanol–water partition coefficient (Wildman–Crippen LogP) is 0.506. The van der Waals surface area contributed by atoms with E-state index in [4.69, 9.17) is 23.2 Å². The molecule has 0 unspecified atom stereocenters. The molecule has 1 aromatic rings. The number of sulfonamides is 1. The summed E-state index contributed by atoms with van der Waals surface area (Å²) in [4.78, 5) is 15.7. The number of carbonyl (C=O) groups excluding carboxylic acids is 1. The Morgan fingerprint density at radius 3 is 2.21 bits per heavy atom. The smallest absolute Gasteiger partial charge is 0.243 e. The average molecular weight is 395 g/mol. The maximum atomic E-state index is 12.5. The molecule has 1 aromatic carbocycles. The van der Waals surface area contributed by atoms with Crippen LogP contribution in [0.5, 0.6) is 0 Å². The van der Waals surface area contributed by atoms with E-state index in [0.717, 1.165) is 30.2 Å². The molecule has 0 saturated carbocycles. The molecule has 0 bridgehead atoms. The minimum Gasteiger partial charge on any atom is -0.332 e. The highest BCUT2D eigenvalue weighted by molar-refractivity contribution is 7.92. The van der Waals surface area contributed by atoms with E-state index in [1.165, 1.54) is 23.1 Å². The van der Waals surface area contributed by atoms with Gasteiger partial charge in [-0.25, -0.2) is 8.42 Å². The molecule has 134 valence electrons. The highest BCUT2D eigenvalue weighted by Crippen LogP contribution is 2.27. The topological polar surface area (TPSA) is 62.1 Å². The van der Waals surface area contributed by atoms with Crippen molar-refractivity contribution >= 4 is 44.8 Å². The van der Waals surface area contributed by atoms with Gasteiger partial charge in [-0.1, -0.05) is 23.2 Å². The Labute approximate surface area is 153 Å². The molecule has 1 saturated heterocycles. The lowest BCUT2D eigenvalue weighted by atomic mass is 10.3. The van der Waals surface area contributed by atoms with Gasteiger partial charge in [-0.2, -0.15) is 0 Å². The number of benzene rings is 1. The molecule has 0 aromatic heterocycles. The van der Waals surface area contributed by atoms with Crippen LogP contribution in [0, 0.1) is 0 Å². The highest BCUT2D eigenvalue weighted by atomic mass is 35.5. The Morgan fingerprint density at radius 1 is 1.21 bits per heavy atom. The first-order valence-corrected chi connectivity index (χ1v) is 10.4. The zero-order valence-corrected chi connectivity index (χ0v) is 16.1. The van der Waals surface area contributed by atoms with Gasteiger partial charge in [0.05, 0.1) is 44.7 Å². The monoisotopic (exact) mass is 394 g/mol. The van der Waals surface area contributed by atoms with Gasteiger partial charge in [-0.15, -0.1) is 0 Å². The van der Waals surface area contributed by atoms with Gasteiger partial charge in [0.25, 0.3) is 0 Å². The third kappa shape index (κ3) is 4.99. The van der Waals surface area contributed by atoms with Crippen LogP contribution >= 0.6 is 23.2 Å². The van der Waals surface area contributed by atoms with E-state index in [1.54, 1.807) is 4.90 Å². The number of rotatable bonds is 5. The fourth-order valence-electron chi connectivity index (χ4n) is 2.73. The Bertz CT molecular complexity index is 684. The van der Waals surface area contributed by atoms with E-state index in [9.17, 15) is 13.2 Å². The lowest BCUT2D eigenvalue weighted by Gasteiger charge is -2.33. The second kappa shape index (κ2) is 7.91. The number of halogens is 2. The van der Waals surface area contributed by atoms with Crippen molar-refractivity contribution < 1.29 is 18.1 Å². The molecule has 2 rings (SSSR count). The number of likely N-dealkylation sites (N-methyl/N-ethyl adjacent to an activating group) is 1. The van der Waals surface area contributed by atoms with Gasteiger partial charge in [0.15, 0.2) is 0 Å². The molecule has 0 spiro atoms. The van der Waals surface area contributed by atoms with E-state index in [2.05, 4.69) is 6.92 Å². The molecule has 1 aliphatic heterocycles. The molecule has 1 heterocycles. The van der Waals surface area contributed by atoms with Crippen LogP contribution in [-0.4, -0.2) is 64.7 Å². The van der Waals surface area contributed by atoms with E-state index in [0.29, 0.717) is 28.8 Å². The maximum Gasteiger partial charge on any atom is 0.243 e. The number of piperazine rings is 1. The van der Waals surface area contributed by atoms with E-state index in [-0.39, 0.29) is 12.5 Å². The van der Waals surface area contributed by atoms with Gasteiger partial charge in [0.1, 0.15) is 6.54 Å². The largest absolute Gasteiger partial charge is 0.332 e. The molecular weight excluding hydrogens is 373 g/mol. The summed E-state index contributed by atoms with van der Waals surface area (Å²) in [6.07, 6.45) is 1.06. The summed E-state index contributed by atoms with van der Waals surface area (Å²) in [5, 5.41) is 0.637. The minimum atomic E-state index is -3.64. The SMILES string of the molecule is CC[NH+]1CCN(C(=O)CN(c2cc(Cl)cc(Cl)c2)S(C)(=O)=O)CC1. The number of nitrogens with one attached hydrogen (secondary N) is 1. The van der Waals surface area contributed by atoms with Crippen LogP contribution in [0.25, 0.3) is 0 Å². The molecule has 0 radical (unpaired) electrons. The van der Waals surface area contributed by atoms with Crippen LogP contribution in [0.4, 0.5) is 5.69 Å². The molecule has 1 N–H and O–H groups in total. The number of carbonyl (C=O) groups is 1. The fraction of sp³-hybridized carbons (Fsp3) is 0.533. The van der Waals surface area contributed by atoms with Crippen LogP contribution in [0.15, 0.2) is 18.2 Å². The molecule has 1 aliphatic rings. The molecular formula is C15H22Cl2N3O3S+. The summed E-state index contributed by atoms with van der Waals surface area (Å²) in [5.41, 5.74) is 0.293. The maximum absolute atomic E-state index is 12.5. The number of amides is 1.